The minimum absolute atomic E-state index is 0.0259. The zero-order chi connectivity index (χ0) is 15.5. The number of alkyl halides is 1. The first-order valence-corrected chi connectivity index (χ1v) is 9.15. The quantitative estimate of drug-likeness (QED) is 0.726. The van der Waals surface area contributed by atoms with Crippen molar-refractivity contribution in [2.75, 3.05) is 6.61 Å². The highest BCUT2D eigenvalue weighted by Gasteiger charge is 2.61. The molecule has 7 atom stereocenters. The van der Waals surface area contributed by atoms with E-state index in [0.29, 0.717) is 18.3 Å². The number of hydrogen-bond acceptors (Lipinski definition) is 2. The third kappa shape index (κ3) is 1.78. The fourth-order valence-electron chi connectivity index (χ4n) is 6.72. The average Bonchev–Trinajstić information content (AvgIpc) is 2.78. The van der Waals surface area contributed by atoms with Crippen LogP contribution in [0.4, 0.5) is 4.39 Å². The van der Waals surface area contributed by atoms with Crippen LogP contribution in [0.1, 0.15) is 58.3 Å². The number of fused-ring (bicyclic) bond motifs is 5. The minimum Gasteiger partial charge on any atom is -0.395 e. The van der Waals surface area contributed by atoms with Crippen LogP contribution in [0.2, 0.25) is 0 Å². The van der Waals surface area contributed by atoms with Crippen molar-refractivity contribution in [3.63, 3.8) is 0 Å². The maximum absolute atomic E-state index is 14.2. The van der Waals surface area contributed by atoms with Crippen molar-refractivity contribution in [2.24, 2.45) is 28.6 Å². The van der Waals surface area contributed by atoms with Crippen LogP contribution in [-0.4, -0.2) is 29.1 Å². The van der Waals surface area contributed by atoms with Gasteiger partial charge in [-0.1, -0.05) is 25.0 Å². The number of aliphatic hydroxyl groups excluding tert-OH is 2. The predicted molar refractivity (Wildman–Crippen MR) is 84.0 cm³/mol. The second-order valence-corrected chi connectivity index (χ2v) is 8.60. The van der Waals surface area contributed by atoms with Crippen LogP contribution >= 0.6 is 0 Å². The molecule has 4 rings (SSSR count). The molecule has 0 aliphatic heterocycles. The Morgan fingerprint density at radius 3 is 2.86 bits per heavy atom. The average molecular weight is 308 g/mol. The van der Waals surface area contributed by atoms with Crippen molar-refractivity contribution in [2.45, 2.75) is 70.6 Å². The minimum atomic E-state index is -1.06. The summed E-state index contributed by atoms with van der Waals surface area (Å²) in [6, 6.07) is 0. The number of allylic oxidation sites excluding steroid dienone is 1. The van der Waals surface area contributed by atoms with Gasteiger partial charge in [0.1, 0.15) is 6.17 Å². The molecule has 0 spiro atoms. The van der Waals surface area contributed by atoms with Crippen LogP contribution in [0.25, 0.3) is 0 Å². The molecule has 0 aromatic carbocycles. The van der Waals surface area contributed by atoms with Gasteiger partial charge < -0.3 is 10.2 Å². The Balaban J connectivity index is 1.71. The van der Waals surface area contributed by atoms with E-state index in [-0.39, 0.29) is 23.4 Å². The van der Waals surface area contributed by atoms with Gasteiger partial charge in [0.25, 0.3) is 0 Å². The molecule has 124 valence electrons. The van der Waals surface area contributed by atoms with Gasteiger partial charge >= 0.3 is 0 Å². The molecule has 3 heteroatoms. The van der Waals surface area contributed by atoms with Gasteiger partial charge in [-0.05, 0) is 68.1 Å². The third-order valence-electron chi connectivity index (χ3n) is 7.96. The number of aliphatic hydroxyl groups is 2. The molecule has 3 fully saturated rings. The molecule has 0 saturated heterocycles. The molecule has 0 bridgehead atoms. The van der Waals surface area contributed by atoms with Gasteiger partial charge in [0.2, 0.25) is 0 Å². The largest absolute Gasteiger partial charge is 0.395 e. The molecule has 0 aromatic rings. The molecule has 0 unspecified atom stereocenters. The summed E-state index contributed by atoms with van der Waals surface area (Å²) in [4.78, 5) is 0. The molecular weight excluding hydrogens is 279 g/mol. The fraction of sp³-hybridized carbons (Fsp3) is 0.895. The lowest BCUT2D eigenvalue weighted by Crippen LogP contribution is -2.52. The van der Waals surface area contributed by atoms with Gasteiger partial charge in [0.15, 0.2) is 0 Å². The monoisotopic (exact) mass is 308 g/mol. The Kier molecular flexibility index (Phi) is 3.47. The molecule has 22 heavy (non-hydrogen) atoms. The van der Waals surface area contributed by atoms with Crippen LogP contribution in [0.15, 0.2) is 11.6 Å². The van der Waals surface area contributed by atoms with Gasteiger partial charge in [-0.15, -0.1) is 0 Å². The standard InChI is InChI=1S/C19H29FO2/c1-18-9-7-14-13(15(18)10-16(20)17(18)22)6-5-12-4-2-3-8-19(12,14)11-21/h5,13-17,21-22H,2-4,6-11H2,1H3/t13-,14+,15+,16-,17+,18+,19-/m1/s1. The van der Waals surface area contributed by atoms with Crippen LogP contribution in [0, 0.1) is 28.6 Å². The summed E-state index contributed by atoms with van der Waals surface area (Å²) in [6.45, 7) is 2.36. The highest BCUT2D eigenvalue weighted by molar-refractivity contribution is 5.26. The van der Waals surface area contributed by atoms with Gasteiger partial charge in [0.05, 0.1) is 12.7 Å². The molecule has 3 saturated carbocycles. The van der Waals surface area contributed by atoms with E-state index in [1.54, 1.807) is 0 Å². The highest BCUT2D eigenvalue weighted by atomic mass is 19.1. The summed E-state index contributed by atoms with van der Waals surface area (Å²) in [7, 11) is 0. The molecule has 4 aliphatic carbocycles. The Morgan fingerprint density at radius 2 is 2.09 bits per heavy atom. The van der Waals surface area contributed by atoms with Crippen LogP contribution in [-0.2, 0) is 0 Å². The van der Waals surface area contributed by atoms with E-state index in [9.17, 15) is 14.6 Å². The first-order chi connectivity index (χ1) is 10.5. The van der Waals surface area contributed by atoms with E-state index in [4.69, 9.17) is 0 Å². The molecule has 0 radical (unpaired) electrons. The second kappa shape index (κ2) is 5.04. The summed E-state index contributed by atoms with van der Waals surface area (Å²) >= 11 is 0. The third-order valence-corrected chi connectivity index (χ3v) is 7.96. The maximum atomic E-state index is 14.2. The first kappa shape index (κ1) is 15.1. The van der Waals surface area contributed by atoms with E-state index >= 15 is 0 Å². The Hall–Kier alpha value is -0.410. The van der Waals surface area contributed by atoms with Crippen molar-refractivity contribution < 1.29 is 14.6 Å². The maximum Gasteiger partial charge on any atom is 0.127 e. The molecule has 0 amide bonds. The van der Waals surface area contributed by atoms with E-state index in [1.165, 1.54) is 18.4 Å². The summed E-state index contributed by atoms with van der Waals surface area (Å²) < 4.78 is 14.2. The highest BCUT2D eigenvalue weighted by Crippen LogP contribution is 2.65. The van der Waals surface area contributed by atoms with E-state index in [2.05, 4.69) is 13.0 Å². The van der Waals surface area contributed by atoms with E-state index in [0.717, 1.165) is 32.1 Å². The number of halogens is 1. The lowest BCUT2D eigenvalue weighted by atomic mass is 9.47. The molecule has 0 aromatic heterocycles. The zero-order valence-electron chi connectivity index (χ0n) is 13.6. The SMILES string of the molecule is C[C@]12CC[C@H]3[C@@H](CC=C4CCCC[C@@]43CO)[C@@H]1C[C@@H](F)[C@@H]2O. The van der Waals surface area contributed by atoms with Crippen LogP contribution in [0.5, 0.6) is 0 Å². The smallest absolute Gasteiger partial charge is 0.127 e. The van der Waals surface area contributed by atoms with Gasteiger partial charge in [-0.2, -0.15) is 0 Å². The summed E-state index contributed by atoms with van der Waals surface area (Å²) in [5.41, 5.74) is 1.21. The van der Waals surface area contributed by atoms with Crippen LogP contribution < -0.4 is 0 Å². The lowest BCUT2D eigenvalue weighted by molar-refractivity contribution is -0.0865. The van der Waals surface area contributed by atoms with Crippen molar-refractivity contribution in [3.8, 4) is 0 Å². The molecule has 2 nitrogen and oxygen atoms in total. The topological polar surface area (TPSA) is 40.5 Å². The van der Waals surface area contributed by atoms with Crippen molar-refractivity contribution in [3.05, 3.63) is 11.6 Å². The first-order valence-electron chi connectivity index (χ1n) is 9.15. The molecule has 0 heterocycles. The fourth-order valence-corrected chi connectivity index (χ4v) is 6.72. The second-order valence-electron chi connectivity index (χ2n) is 8.60. The van der Waals surface area contributed by atoms with Crippen molar-refractivity contribution in [1.29, 1.82) is 0 Å². The van der Waals surface area contributed by atoms with E-state index < -0.39 is 12.3 Å². The zero-order valence-corrected chi connectivity index (χ0v) is 13.6. The summed E-state index contributed by atoms with van der Waals surface area (Å²) in [5.74, 6) is 1.22. The Labute approximate surface area is 132 Å². The van der Waals surface area contributed by atoms with Gasteiger partial charge in [0, 0.05) is 5.41 Å². The number of rotatable bonds is 1. The number of hydrogen-bond donors (Lipinski definition) is 2. The normalized spacial score (nSPS) is 54.2. The summed E-state index contributed by atoms with van der Waals surface area (Å²) in [6.07, 6.45) is 8.71. The van der Waals surface area contributed by atoms with Gasteiger partial charge in [-0.3, -0.25) is 0 Å². The Morgan fingerprint density at radius 1 is 1.27 bits per heavy atom. The van der Waals surface area contributed by atoms with E-state index in [1.807, 2.05) is 0 Å². The molecular formula is C19H29FO2. The van der Waals surface area contributed by atoms with Crippen molar-refractivity contribution >= 4 is 0 Å². The molecule has 2 N–H and O–H groups in total. The lowest BCUT2D eigenvalue weighted by Gasteiger charge is -2.57. The predicted octanol–water partition coefficient (Wildman–Crippen LogP) is 3.62. The summed E-state index contributed by atoms with van der Waals surface area (Å²) in [5, 5.41) is 20.6. The molecule has 4 aliphatic rings. The van der Waals surface area contributed by atoms with Gasteiger partial charge in [-0.25, -0.2) is 4.39 Å². The van der Waals surface area contributed by atoms with Crippen molar-refractivity contribution in [1.82, 2.24) is 0 Å². The Bertz CT molecular complexity index is 490. The van der Waals surface area contributed by atoms with Crippen LogP contribution in [0.3, 0.4) is 0 Å².